The predicted molar refractivity (Wildman–Crippen MR) is 95.8 cm³/mol. The first-order chi connectivity index (χ1) is 11.9. The van der Waals surface area contributed by atoms with E-state index in [1.54, 1.807) is 18.2 Å². The Kier molecular flexibility index (Phi) is 7.59. The van der Waals surface area contributed by atoms with Gasteiger partial charge in [-0.3, -0.25) is 9.78 Å². The summed E-state index contributed by atoms with van der Waals surface area (Å²) in [5, 5.41) is 2.88. The van der Waals surface area contributed by atoms with Crippen molar-refractivity contribution in [3.63, 3.8) is 0 Å². The number of alkyl halides is 3. The number of hydrogen-bond acceptors (Lipinski definition) is 3. The van der Waals surface area contributed by atoms with Gasteiger partial charge in [-0.15, -0.1) is 0 Å². The van der Waals surface area contributed by atoms with Crippen molar-refractivity contribution in [2.45, 2.75) is 39.0 Å². The second-order valence-corrected chi connectivity index (χ2v) is 6.86. The van der Waals surface area contributed by atoms with Gasteiger partial charge in [-0.2, -0.15) is 13.2 Å². The average molecular weight is 388 g/mol. The van der Waals surface area contributed by atoms with E-state index in [2.05, 4.69) is 10.3 Å². The van der Waals surface area contributed by atoms with Crippen LogP contribution in [0.4, 0.5) is 13.2 Å². The SMILES string of the molecule is CC(C)(C)NCc1cccc(C(F)(F)F)c1Cl.NC(=O)c1ccncc1. The molecule has 26 heavy (non-hydrogen) atoms. The molecule has 0 fully saturated rings. The molecule has 0 unspecified atom stereocenters. The molecule has 2 rings (SSSR count). The maximum Gasteiger partial charge on any atom is 0.417 e. The highest BCUT2D eigenvalue weighted by molar-refractivity contribution is 6.32. The second-order valence-electron chi connectivity index (χ2n) is 6.48. The third-order valence-corrected chi connectivity index (χ3v) is 3.60. The summed E-state index contributed by atoms with van der Waals surface area (Å²) >= 11 is 5.76. The Morgan fingerprint density at radius 1 is 1.15 bits per heavy atom. The highest BCUT2D eigenvalue weighted by Crippen LogP contribution is 2.36. The Balaban J connectivity index is 0.000000314. The normalized spacial score (nSPS) is 11.5. The Bertz CT molecular complexity index is 729. The van der Waals surface area contributed by atoms with Gasteiger partial charge in [0.15, 0.2) is 0 Å². The van der Waals surface area contributed by atoms with E-state index in [0.29, 0.717) is 17.7 Å². The van der Waals surface area contributed by atoms with Crippen LogP contribution in [0.5, 0.6) is 0 Å². The molecule has 0 saturated heterocycles. The highest BCUT2D eigenvalue weighted by atomic mass is 35.5. The number of nitrogens with two attached hydrogens (primary N) is 1. The number of amides is 1. The first kappa shape index (κ1) is 21.9. The van der Waals surface area contributed by atoms with Gasteiger partial charge in [0.2, 0.25) is 5.91 Å². The zero-order chi connectivity index (χ0) is 20.0. The minimum Gasteiger partial charge on any atom is -0.366 e. The van der Waals surface area contributed by atoms with E-state index in [4.69, 9.17) is 17.3 Å². The van der Waals surface area contributed by atoms with Crippen molar-refractivity contribution in [3.05, 3.63) is 64.4 Å². The van der Waals surface area contributed by atoms with Crippen LogP contribution in [0.15, 0.2) is 42.7 Å². The molecule has 0 saturated carbocycles. The number of pyridine rings is 1. The van der Waals surface area contributed by atoms with Crippen molar-refractivity contribution < 1.29 is 18.0 Å². The number of benzene rings is 1. The van der Waals surface area contributed by atoms with Crippen molar-refractivity contribution >= 4 is 17.5 Å². The zero-order valence-corrected chi connectivity index (χ0v) is 15.4. The molecule has 0 aliphatic rings. The quantitative estimate of drug-likeness (QED) is 0.818. The van der Waals surface area contributed by atoms with Crippen LogP contribution in [-0.4, -0.2) is 16.4 Å². The number of nitrogens with one attached hydrogen (secondary N) is 1. The van der Waals surface area contributed by atoms with Gasteiger partial charge < -0.3 is 11.1 Å². The average Bonchev–Trinajstić information content (AvgIpc) is 2.53. The molecular weight excluding hydrogens is 367 g/mol. The van der Waals surface area contributed by atoms with E-state index < -0.39 is 17.6 Å². The van der Waals surface area contributed by atoms with Gasteiger partial charge >= 0.3 is 6.18 Å². The van der Waals surface area contributed by atoms with Crippen molar-refractivity contribution in [1.29, 1.82) is 0 Å². The van der Waals surface area contributed by atoms with E-state index in [1.807, 2.05) is 20.8 Å². The van der Waals surface area contributed by atoms with Crippen LogP contribution in [0.2, 0.25) is 5.02 Å². The lowest BCUT2D eigenvalue weighted by atomic mass is 10.1. The number of rotatable bonds is 3. The lowest BCUT2D eigenvalue weighted by molar-refractivity contribution is -0.137. The Morgan fingerprint density at radius 2 is 1.73 bits per heavy atom. The molecule has 0 aliphatic heterocycles. The van der Waals surface area contributed by atoms with E-state index >= 15 is 0 Å². The van der Waals surface area contributed by atoms with E-state index in [-0.39, 0.29) is 10.6 Å². The van der Waals surface area contributed by atoms with Crippen molar-refractivity contribution in [2.24, 2.45) is 5.73 Å². The highest BCUT2D eigenvalue weighted by Gasteiger charge is 2.33. The van der Waals surface area contributed by atoms with Crippen LogP contribution >= 0.6 is 11.6 Å². The molecule has 0 spiro atoms. The van der Waals surface area contributed by atoms with Crippen molar-refractivity contribution in [2.75, 3.05) is 0 Å². The molecule has 4 nitrogen and oxygen atoms in total. The summed E-state index contributed by atoms with van der Waals surface area (Å²) in [6.45, 7) is 6.13. The summed E-state index contributed by atoms with van der Waals surface area (Å²) in [6.07, 6.45) is -1.35. The summed E-state index contributed by atoms with van der Waals surface area (Å²) in [5.74, 6) is -0.419. The number of carbonyl (C=O) groups is 1. The third kappa shape index (κ3) is 7.41. The molecule has 0 aliphatic carbocycles. The molecule has 1 heterocycles. The van der Waals surface area contributed by atoms with E-state index in [0.717, 1.165) is 6.07 Å². The number of aromatic nitrogens is 1. The second kappa shape index (κ2) is 9.00. The van der Waals surface area contributed by atoms with Crippen LogP contribution in [0.25, 0.3) is 0 Å². The largest absolute Gasteiger partial charge is 0.417 e. The number of primary amides is 1. The standard InChI is InChI=1S/C12H15ClF3N.C6H6N2O/c1-11(2,3)17-7-8-5-4-6-9(10(8)13)12(14,15)16;7-6(9)5-1-3-8-4-2-5/h4-6,17H,7H2,1-3H3;1-4H,(H2,7,9). The molecule has 142 valence electrons. The molecule has 0 bridgehead atoms. The third-order valence-electron chi connectivity index (χ3n) is 3.16. The summed E-state index contributed by atoms with van der Waals surface area (Å²) in [5.41, 5.74) is 4.94. The van der Waals surface area contributed by atoms with E-state index in [9.17, 15) is 18.0 Å². The van der Waals surface area contributed by atoms with Crippen LogP contribution in [0.3, 0.4) is 0 Å². The zero-order valence-electron chi connectivity index (χ0n) is 14.7. The Morgan fingerprint density at radius 3 is 2.15 bits per heavy atom. The van der Waals surface area contributed by atoms with Gasteiger partial charge in [0.05, 0.1) is 10.6 Å². The minimum atomic E-state index is -4.41. The molecule has 3 N–H and O–H groups in total. The summed E-state index contributed by atoms with van der Waals surface area (Å²) < 4.78 is 37.8. The Hall–Kier alpha value is -2.12. The molecule has 0 radical (unpaired) electrons. The van der Waals surface area contributed by atoms with Gasteiger partial charge in [0, 0.05) is 30.0 Å². The summed E-state index contributed by atoms with van der Waals surface area (Å²) in [6, 6.07) is 7.10. The lowest BCUT2D eigenvalue weighted by Gasteiger charge is -2.21. The van der Waals surface area contributed by atoms with Gasteiger partial charge in [0.1, 0.15) is 0 Å². The summed E-state index contributed by atoms with van der Waals surface area (Å²) in [7, 11) is 0. The number of carbonyl (C=O) groups excluding carboxylic acids is 1. The van der Waals surface area contributed by atoms with Gasteiger partial charge in [-0.1, -0.05) is 23.7 Å². The number of halogens is 4. The van der Waals surface area contributed by atoms with Crippen LogP contribution < -0.4 is 11.1 Å². The van der Waals surface area contributed by atoms with Crippen LogP contribution in [-0.2, 0) is 12.7 Å². The van der Waals surface area contributed by atoms with Crippen molar-refractivity contribution in [3.8, 4) is 0 Å². The maximum absolute atomic E-state index is 12.6. The van der Waals surface area contributed by atoms with Gasteiger partial charge in [-0.25, -0.2) is 0 Å². The first-order valence-corrected chi connectivity index (χ1v) is 8.09. The van der Waals surface area contributed by atoms with Gasteiger partial charge in [0.25, 0.3) is 0 Å². The maximum atomic E-state index is 12.6. The number of hydrogen-bond donors (Lipinski definition) is 2. The monoisotopic (exact) mass is 387 g/mol. The fourth-order valence-corrected chi connectivity index (χ4v) is 2.11. The van der Waals surface area contributed by atoms with Crippen molar-refractivity contribution in [1.82, 2.24) is 10.3 Å². The lowest BCUT2D eigenvalue weighted by Crippen LogP contribution is -2.35. The van der Waals surface area contributed by atoms with E-state index in [1.165, 1.54) is 18.5 Å². The predicted octanol–water partition coefficient (Wildman–Crippen LogP) is 4.43. The molecule has 1 amide bonds. The molecule has 1 aromatic heterocycles. The van der Waals surface area contributed by atoms with Crippen LogP contribution in [0.1, 0.15) is 42.3 Å². The molecule has 1 aromatic carbocycles. The molecule has 2 aromatic rings. The fourth-order valence-electron chi connectivity index (χ4n) is 1.81. The molecule has 8 heteroatoms. The smallest absolute Gasteiger partial charge is 0.366 e. The van der Waals surface area contributed by atoms with Crippen LogP contribution in [0, 0.1) is 0 Å². The van der Waals surface area contributed by atoms with Gasteiger partial charge in [-0.05, 0) is 44.5 Å². The molecule has 0 atom stereocenters. The Labute approximate surface area is 155 Å². The first-order valence-electron chi connectivity index (χ1n) is 7.71. The topological polar surface area (TPSA) is 68.0 Å². The minimum absolute atomic E-state index is 0.169. The fraction of sp³-hybridized carbons (Fsp3) is 0.333. The number of nitrogens with zero attached hydrogens (tertiary/aromatic N) is 1. The summed E-state index contributed by atoms with van der Waals surface area (Å²) in [4.78, 5) is 14.1. The molecular formula is C18H21ClF3N3O.